The molecule has 1 saturated carbocycles. The Morgan fingerprint density at radius 3 is 2.88 bits per heavy atom. The molecule has 0 unspecified atom stereocenters. The highest BCUT2D eigenvalue weighted by Gasteiger charge is 2.30. The third kappa shape index (κ3) is 3.66. The minimum Gasteiger partial charge on any atom is -0.360 e. The second-order valence-electron chi connectivity index (χ2n) is 4.82. The van der Waals surface area contributed by atoms with Crippen molar-refractivity contribution in [2.24, 2.45) is 0 Å². The first kappa shape index (κ1) is 12.3. The molecule has 92 valence electrons. The monoisotopic (exact) mass is 249 g/mol. The Labute approximate surface area is 108 Å². The van der Waals surface area contributed by atoms with Crippen molar-refractivity contribution in [1.82, 2.24) is 15.2 Å². The van der Waals surface area contributed by atoms with Crippen LogP contribution >= 0.6 is 12.2 Å². The van der Waals surface area contributed by atoms with Crippen LogP contribution in [0.25, 0.3) is 0 Å². The predicted molar refractivity (Wildman–Crippen MR) is 73.7 cm³/mol. The maximum absolute atomic E-state index is 5.46. The molecular weight excluding hydrogens is 230 g/mol. The van der Waals surface area contributed by atoms with E-state index < -0.39 is 0 Å². The molecule has 1 fully saturated rings. The fourth-order valence-corrected chi connectivity index (χ4v) is 2.22. The van der Waals surface area contributed by atoms with Crippen LogP contribution in [0, 0.1) is 0 Å². The molecule has 17 heavy (non-hydrogen) atoms. The highest BCUT2D eigenvalue weighted by atomic mass is 32.1. The molecule has 0 aromatic carbocycles. The van der Waals surface area contributed by atoms with Crippen LogP contribution in [0.4, 0.5) is 0 Å². The first-order valence-corrected chi connectivity index (χ1v) is 6.53. The van der Waals surface area contributed by atoms with Gasteiger partial charge in [0.2, 0.25) is 0 Å². The standard InChI is InChI=1S/C13H19N3S/c1-10(2)15-13(17)16(12-5-6-12)9-11-4-3-7-14-8-11/h3-4,7-8,10,12H,5-6,9H2,1-2H3,(H,15,17). The van der Waals surface area contributed by atoms with Crippen molar-refractivity contribution < 1.29 is 0 Å². The Hall–Kier alpha value is -1.16. The molecular formula is C13H19N3S. The van der Waals surface area contributed by atoms with E-state index in [4.69, 9.17) is 12.2 Å². The van der Waals surface area contributed by atoms with Crippen LogP contribution in [0.5, 0.6) is 0 Å². The average molecular weight is 249 g/mol. The first-order valence-electron chi connectivity index (χ1n) is 6.13. The lowest BCUT2D eigenvalue weighted by Crippen LogP contribution is -2.43. The smallest absolute Gasteiger partial charge is 0.169 e. The van der Waals surface area contributed by atoms with Gasteiger partial charge in [-0.2, -0.15) is 0 Å². The Bertz CT molecular complexity index is 374. The van der Waals surface area contributed by atoms with Crippen LogP contribution in [0.1, 0.15) is 32.3 Å². The summed E-state index contributed by atoms with van der Waals surface area (Å²) in [6, 6.07) is 5.08. The maximum Gasteiger partial charge on any atom is 0.169 e. The fourth-order valence-electron chi connectivity index (χ4n) is 1.77. The average Bonchev–Trinajstić information content (AvgIpc) is 3.10. The Kier molecular flexibility index (Phi) is 3.94. The van der Waals surface area contributed by atoms with Gasteiger partial charge in [0.1, 0.15) is 0 Å². The lowest BCUT2D eigenvalue weighted by molar-refractivity contribution is 0.391. The Morgan fingerprint density at radius 2 is 2.35 bits per heavy atom. The summed E-state index contributed by atoms with van der Waals surface area (Å²) in [5, 5.41) is 4.19. The number of thiocarbonyl (C=S) groups is 1. The van der Waals surface area contributed by atoms with Crippen LogP contribution < -0.4 is 5.32 Å². The summed E-state index contributed by atoms with van der Waals surface area (Å²) >= 11 is 5.46. The third-order valence-corrected chi connectivity index (χ3v) is 3.09. The summed E-state index contributed by atoms with van der Waals surface area (Å²) in [7, 11) is 0. The molecule has 1 N–H and O–H groups in total. The van der Waals surface area contributed by atoms with Gasteiger partial charge in [0.15, 0.2) is 5.11 Å². The summed E-state index contributed by atoms with van der Waals surface area (Å²) < 4.78 is 0. The lowest BCUT2D eigenvalue weighted by Gasteiger charge is -2.27. The molecule has 1 aromatic rings. The van der Waals surface area contributed by atoms with Crippen LogP contribution in [0.2, 0.25) is 0 Å². The van der Waals surface area contributed by atoms with Crippen LogP contribution in [-0.4, -0.2) is 27.1 Å². The molecule has 1 aliphatic rings. The minimum absolute atomic E-state index is 0.387. The minimum atomic E-state index is 0.387. The number of hydrogen-bond donors (Lipinski definition) is 1. The Balaban J connectivity index is 2.00. The second-order valence-corrected chi connectivity index (χ2v) is 5.21. The van der Waals surface area contributed by atoms with E-state index in [0.29, 0.717) is 12.1 Å². The van der Waals surface area contributed by atoms with Gasteiger partial charge in [0, 0.05) is 31.0 Å². The second kappa shape index (κ2) is 5.45. The molecule has 4 heteroatoms. The quantitative estimate of drug-likeness (QED) is 0.829. The molecule has 1 aliphatic carbocycles. The Morgan fingerprint density at radius 1 is 1.59 bits per heavy atom. The summed E-state index contributed by atoms with van der Waals surface area (Å²) in [4.78, 5) is 6.43. The number of rotatable bonds is 4. The van der Waals surface area contributed by atoms with Crippen molar-refractivity contribution >= 4 is 17.3 Å². The highest BCUT2D eigenvalue weighted by Crippen LogP contribution is 2.28. The van der Waals surface area contributed by atoms with Gasteiger partial charge in [0.05, 0.1) is 0 Å². The van der Waals surface area contributed by atoms with Gasteiger partial charge in [-0.15, -0.1) is 0 Å². The molecule has 3 nitrogen and oxygen atoms in total. The summed E-state index contributed by atoms with van der Waals surface area (Å²) in [6.45, 7) is 5.08. The third-order valence-electron chi connectivity index (χ3n) is 2.74. The first-order chi connectivity index (χ1) is 8.16. The zero-order valence-corrected chi connectivity index (χ0v) is 11.2. The molecule has 0 bridgehead atoms. The summed E-state index contributed by atoms with van der Waals surface area (Å²) in [5.41, 5.74) is 1.22. The number of nitrogens with one attached hydrogen (secondary N) is 1. The summed E-state index contributed by atoms with van der Waals surface area (Å²) in [5.74, 6) is 0. The maximum atomic E-state index is 5.46. The lowest BCUT2D eigenvalue weighted by atomic mass is 10.2. The number of nitrogens with zero attached hydrogens (tertiary/aromatic N) is 2. The van der Waals surface area contributed by atoms with E-state index in [0.717, 1.165) is 11.7 Å². The molecule has 0 aliphatic heterocycles. The van der Waals surface area contributed by atoms with E-state index >= 15 is 0 Å². The van der Waals surface area contributed by atoms with E-state index in [1.54, 1.807) is 6.20 Å². The van der Waals surface area contributed by atoms with Crippen LogP contribution in [0.3, 0.4) is 0 Å². The van der Waals surface area contributed by atoms with E-state index in [1.165, 1.54) is 18.4 Å². The van der Waals surface area contributed by atoms with E-state index in [-0.39, 0.29) is 0 Å². The summed E-state index contributed by atoms with van der Waals surface area (Å²) in [6.07, 6.45) is 6.21. The largest absolute Gasteiger partial charge is 0.360 e. The molecule has 0 radical (unpaired) electrons. The number of aromatic nitrogens is 1. The van der Waals surface area contributed by atoms with Gasteiger partial charge in [-0.05, 0) is 50.5 Å². The van der Waals surface area contributed by atoms with Crippen molar-refractivity contribution in [3.8, 4) is 0 Å². The molecule has 1 heterocycles. The van der Waals surface area contributed by atoms with Crippen molar-refractivity contribution in [3.05, 3.63) is 30.1 Å². The molecule has 2 rings (SSSR count). The van der Waals surface area contributed by atoms with Gasteiger partial charge >= 0.3 is 0 Å². The van der Waals surface area contributed by atoms with Gasteiger partial charge in [-0.1, -0.05) is 6.07 Å². The van der Waals surface area contributed by atoms with Crippen molar-refractivity contribution in [2.45, 2.75) is 45.3 Å². The molecule has 0 atom stereocenters. The van der Waals surface area contributed by atoms with Crippen molar-refractivity contribution in [2.75, 3.05) is 0 Å². The molecule has 0 amide bonds. The van der Waals surface area contributed by atoms with Crippen LogP contribution in [-0.2, 0) is 6.54 Å². The topological polar surface area (TPSA) is 28.2 Å². The molecule has 0 saturated heterocycles. The molecule has 1 aromatic heterocycles. The highest BCUT2D eigenvalue weighted by molar-refractivity contribution is 7.80. The fraction of sp³-hybridized carbons (Fsp3) is 0.538. The number of pyridine rings is 1. The van der Waals surface area contributed by atoms with Crippen molar-refractivity contribution in [1.29, 1.82) is 0 Å². The van der Waals surface area contributed by atoms with E-state index in [2.05, 4.69) is 35.1 Å². The van der Waals surface area contributed by atoms with Crippen LogP contribution in [0.15, 0.2) is 24.5 Å². The van der Waals surface area contributed by atoms with Gasteiger partial charge in [-0.3, -0.25) is 4.98 Å². The molecule has 0 spiro atoms. The van der Waals surface area contributed by atoms with Crippen molar-refractivity contribution in [3.63, 3.8) is 0 Å². The van der Waals surface area contributed by atoms with E-state index in [1.807, 2.05) is 12.3 Å². The SMILES string of the molecule is CC(C)NC(=S)N(Cc1cccnc1)C1CC1. The predicted octanol–water partition coefficient (Wildman–Crippen LogP) is 2.33. The zero-order chi connectivity index (χ0) is 12.3. The zero-order valence-electron chi connectivity index (χ0n) is 10.4. The van der Waals surface area contributed by atoms with Gasteiger partial charge in [-0.25, -0.2) is 0 Å². The number of hydrogen-bond acceptors (Lipinski definition) is 2. The normalized spacial score (nSPS) is 14.8. The van der Waals surface area contributed by atoms with Gasteiger partial charge in [0.25, 0.3) is 0 Å². The van der Waals surface area contributed by atoms with E-state index in [9.17, 15) is 0 Å². The van der Waals surface area contributed by atoms with Gasteiger partial charge < -0.3 is 10.2 Å².